The second-order valence-electron chi connectivity index (χ2n) is 8.74. The van der Waals surface area contributed by atoms with Crippen molar-refractivity contribution >= 4 is 15.9 Å². The molecule has 0 saturated carbocycles. The van der Waals surface area contributed by atoms with Crippen LogP contribution >= 0.6 is 0 Å². The van der Waals surface area contributed by atoms with E-state index in [1.807, 2.05) is 30.9 Å². The zero-order valence-electron chi connectivity index (χ0n) is 17.9. The number of benzene rings is 1. The fourth-order valence-electron chi connectivity index (χ4n) is 4.91. The van der Waals surface area contributed by atoms with Crippen molar-refractivity contribution in [2.75, 3.05) is 39.4 Å². The Labute approximate surface area is 179 Å². The number of aryl methyl sites for hydroxylation is 2. The highest BCUT2D eigenvalue weighted by atomic mass is 32.2. The normalized spacial score (nSPS) is 25.0. The highest BCUT2D eigenvalue weighted by molar-refractivity contribution is 7.89. The molecule has 1 unspecified atom stereocenters. The third-order valence-corrected chi connectivity index (χ3v) is 8.61. The van der Waals surface area contributed by atoms with Gasteiger partial charge in [-0.3, -0.25) is 4.79 Å². The van der Waals surface area contributed by atoms with Crippen molar-refractivity contribution in [2.24, 2.45) is 11.8 Å². The predicted molar refractivity (Wildman–Crippen MR) is 112 cm³/mol. The van der Waals surface area contributed by atoms with Crippen LogP contribution in [0.5, 0.6) is 0 Å². The van der Waals surface area contributed by atoms with Crippen LogP contribution < -0.4 is 0 Å². The first-order chi connectivity index (χ1) is 14.4. The molecule has 30 heavy (non-hydrogen) atoms. The van der Waals surface area contributed by atoms with Gasteiger partial charge in [0.1, 0.15) is 0 Å². The van der Waals surface area contributed by atoms with Crippen molar-refractivity contribution in [3.8, 4) is 0 Å². The molecule has 0 radical (unpaired) electrons. The Morgan fingerprint density at radius 1 is 1.03 bits per heavy atom. The number of ether oxygens (including phenoxy) is 2. The van der Waals surface area contributed by atoms with Gasteiger partial charge in [0.2, 0.25) is 15.9 Å². The molecular weight excluding hydrogens is 404 g/mol. The van der Waals surface area contributed by atoms with E-state index >= 15 is 0 Å². The average Bonchev–Trinajstić information content (AvgIpc) is 3.28. The number of hydrogen-bond acceptors (Lipinski definition) is 5. The summed E-state index contributed by atoms with van der Waals surface area (Å²) in [5, 5.41) is 0. The van der Waals surface area contributed by atoms with Gasteiger partial charge in [0.15, 0.2) is 6.29 Å². The SMILES string of the molecule is Cc1ccc(S(=O)(=O)N2CCC(C(=O)N3CCCC(C4OCCO4)C3)CC2)c(C)c1. The number of rotatable bonds is 4. The zero-order chi connectivity index (χ0) is 21.3. The van der Waals surface area contributed by atoms with Gasteiger partial charge in [0, 0.05) is 38.0 Å². The van der Waals surface area contributed by atoms with E-state index in [4.69, 9.17) is 9.47 Å². The highest BCUT2D eigenvalue weighted by Gasteiger charge is 2.37. The summed E-state index contributed by atoms with van der Waals surface area (Å²) in [5.74, 6) is 0.274. The Bertz CT molecular complexity index is 874. The molecule has 3 aliphatic heterocycles. The number of sulfonamides is 1. The van der Waals surface area contributed by atoms with E-state index in [2.05, 4.69) is 0 Å². The Morgan fingerprint density at radius 2 is 1.73 bits per heavy atom. The summed E-state index contributed by atoms with van der Waals surface area (Å²) >= 11 is 0. The number of nitrogens with zero attached hydrogens (tertiary/aromatic N) is 2. The van der Waals surface area contributed by atoms with Crippen molar-refractivity contribution in [1.29, 1.82) is 0 Å². The van der Waals surface area contributed by atoms with Gasteiger partial charge in [0.25, 0.3) is 0 Å². The second kappa shape index (κ2) is 8.94. The van der Waals surface area contributed by atoms with E-state index in [9.17, 15) is 13.2 Å². The predicted octanol–water partition coefficient (Wildman–Crippen LogP) is 2.32. The number of carbonyl (C=O) groups is 1. The number of hydrogen-bond donors (Lipinski definition) is 0. The van der Waals surface area contributed by atoms with Crippen molar-refractivity contribution < 1.29 is 22.7 Å². The first kappa shape index (κ1) is 21.7. The molecule has 1 amide bonds. The summed E-state index contributed by atoms with van der Waals surface area (Å²) in [6.07, 6.45) is 2.92. The highest BCUT2D eigenvalue weighted by Crippen LogP contribution is 2.30. The van der Waals surface area contributed by atoms with Crippen LogP contribution in [0.4, 0.5) is 0 Å². The molecule has 4 rings (SSSR count). The van der Waals surface area contributed by atoms with E-state index in [1.165, 1.54) is 4.31 Å². The van der Waals surface area contributed by atoms with E-state index in [0.29, 0.717) is 50.6 Å². The molecule has 7 nitrogen and oxygen atoms in total. The Morgan fingerprint density at radius 3 is 2.40 bits per heavy atom. The largest absolute Gasteiger partial charge is 0.350 e. The van der Waals surface area contributed by atoms with Crippen LogP contribution in [0.25, 0.3) is 0 Å². The molecule has 1 atom stereocenters. The van der Waals surface area contributed by atoms with Crippen LogP contribution in [0.2, 0.25) is 0 Å². The minimum Gasteiger partial charge on any atom is -0.350 e. The lowest BCUT2D eigenvalue weighted by molar-refractivity contribution is -0.144. The maximum atomic E-state index is 13.1. The summed E-state index contributed by atoms with van der Waals surface area (Å²) in [4.78, 5) is 15.4. The van der Waals surface area contributed by atoms with Crippen molar-refractivity contribution in [3.05, 3.63) is 29.3 Å². The van der Waals surface area contributed by atoms with Gasteiger partial charge < -0.3 is 14.4 Å². The van der Waals surface area contributed by atoms with Gasteiger partial charge in [-0.25, -0.2) is 8.42 Å². The maximum absolute atomic E-state index is 13.1. The van der Waals surface area contributed by atoms with E-state index in [-0.39, 0.29) is 24.0 Å². The molecule has 166 valence electrons. The quantitative estimate of drug-likeness (QED) is 0.724. The van der Waals surface area contributed by atoms with E-state index in [1.54, 1.807) is 6.07 Å². The van der Waals surface area contributed by atoms with Crippen LogP contribution in [0.1, 0.15) is 36.8 Å². The van der Waals surface area contributed by atoms with Crippen molar-refractivity contribution in [2.45, 2.75) is 50.7 Å². The summed E-state index contributed by atoms with van der Waals surface area (Å²) in [7, 11) is -3.53. The molecule has 0 spiro atoms. The number of piperidine rings is 2. The molecule has 0 aliphatic carbocycles. The fourth-order valence-corrected chi connectivity index (χ4v) is 6.59. The molecule has 1 aromatic carbocycles. The number of likely N-dealkylation sites (tertiary alicyclic amines) is 1. The molecule has 1 aromatic rings. The van der Waals surface area contributed by atoms with Crippen LogP contribution in [0.3, 0.4) is 0 Å². The van der Waals surface area contributed by atoms with E-state index in [0.717, 1.165) is 30.5 Å². The van der Waals surface area contributed by atoms with Gasteiger partial charge in [-0.15, -0.1) is 0 Å². The van der Waals surface area contributed by atoms with Gasteiger partial charge in [0.05, 0.1) is 18.1 Å². The molecular formula is C22H32N2O5S. The summed E-state index contributed by atoms with van der Waals surface area (Å²) in [6.45, 7) is 7.26. The fraction of sp³-hybridized carbons (Fsp3) is 0.682. The molecule has 3 saturated heterocycles. The van der Waals surface area contributed by atoms with Crippen LogP contribution in [-0.4, -0.2) is 69.2 Å². The Balaban J connectivity index is 1.36. The molecule has 3 heterocycles. The molecule has 3 fully saturated rings. The number of carbonyl (C=O) groups excluding carboxylic acids is 1. The van der Waals surface area contributed by atoms with Gasteiger partial charge in [-0.05, 0) is 51.2 Å². The minimum absolute atomic E-state index is 0.111. The Hall–Kier alpha value is -1.48. The first-order valence-electron chi connectivity index (χ1n) is 11.0. The van der Waals surface area contributed by atoms with Gasteiger partial charge in [-0.2, -0.15) is 4.31 Å². The molecule has 8 heteroatoms. The van der Waals surface area contributed by atoms with Crippen molar-refractivity contribution in [1.82, 2.24) is 9.21 Å². The lowest BCUT2D eigenvalue weighted by Crippen LogP contribution is -2.48. The lowest BCUT2D eigenvalue weighted by atomic mass is 9.92. The lowest BCUT2D eigenvalue weighted by Gasteiger charge is -2.38. The maximum Gasteiger partial charge on any atom is 0.243 e. The smallest absolute Gasteiger partial charge is 0.243 e. The standard InChI is InChI=1S/C22H32N2O5S/c1-16-5-6-20(17(2)14-16)30(26,27)24-10-7-18(8-11-24)21(25)23-9-3-4-19(15-23)22-28-12-13-29-22/h5-6,14,18-19,22H,3-4,7-13,15H2,1-2H3. The molecule has 0 bridgehead atoms. The molecule has 0 N–H and O–H groups in total. The van der Waals surface area contributed by atoms with Crippen LogP contribution in [0.15, 0.2) is 23.1 Å². The average molecular weight is 437 g/mol. The second-order valence-corrected chi connectivity index (χ2v) is 10.7. The van der Waals surface area contributed by atoms with Gasteiger partial charge in [-0.1, -0.05) is 17.7 Å². The van der Waals surface area contributed by atoms with E-state index < -0.39 is 10.0 Å². The van der Waals surface area contributed by atoms with Crippen molar-refractivity contribution in [3.63, 3.8) is 0 Å². The summed E-state index contributed by atoms with van der Waals surface area (Å²) in [6, 6.07) is 5.42. The third kappa shape index (κ3) is 4.42. The summed E-state index contributed by atoms with van der Waals surface area (Å²) in [5.41, 5.74) is 1.81. The molecule has 3 aliphatic rings. The zero-order valence-corrected chi connectivity index (χ0v) is 18.7. The minimum atomic E-state index is -3.53. The number of amides is 1. The third-order valence-electron chi connectivity index (χ3n) is 6.55. The van der Waals surface area contributed by atoms with Gasteiger partial charge >= 0.3 is 0 Å². The Kier molecular flexibility index (Phi) is 6.48. The van der Waals surface area contributed by atoms with Crippen LogP contribution in [-0.2, 0) is 24.3 Å². The monoisotopic (exact) mass is 436 g/mol. The molecule has 0 aromatic heterocycles. The first-order valence-corrected chi connectivity index (χ1v) is 12.4. The van der Waals surface area contributed by atoms with Crippen LogP contribution in [0, 0.1) is 25.7 Å². The summed E-state index contributed by atoms with van der Waals surface area (Å²) < 4.78 is 39.0. The topological polar surface area (TPSA) is 76.2 Å².